The summed E-state index contributed by atoms with van der Waals surface area (Å²) in [6.45, 7) is 0. The zero-order valence-electron chi connectivity index (χ0n) is 30.8. The fourth-order valence-electron chi connectivity index (χ4n) is 9.48. The molecule has 0 saturated heterocycles. The smallest absolute Gasteiger partial charge is 0.0714 e. The van der Waals surface area contributed by atoms with Crippen LogP contribution >= 0.6 is 0 Å². The van der Waals surface area contributed by atoms with Crippen molar-refractivity contribution in [2.24, 2.45) is 0 Å². The summed E-state index contributed by atoms with van der Waals surface area (Å²) in [4.78, 5) is 2.53. The van der Waals surface area contributed by atoms with Crippen LogP contribution in [0.2, 0.25) is 0 Å². The van der Waals surface area contributed by atoms with Gasteiger partial charge in [-0.2, -0.15) is 0 Å². The van der Waals surface area contributed by atoms with E-state index >= 15 is 0 Å². The second kappa shape index (κ2) is 13.0. The summed E-state index contributed by atoms with van der Waals surface area (Å²) in [5.74, 6) is 0. The molecule has 0 amide bonds. The van der Waals surface area contributed by atoms with Crippen molar-refractivity contribution < 1.29 is 0 Å². The van der Waals surface area contributed by atoms with Crippen molar-refractivity contribution in [1.82, 2.24) is 0 Å². The molecule has 0 atom stereocenters. The lowest BCUT2D eigenvalue weighted by Crippen LogP contribution is -2.28. The van der Waals surface area contributed by atoms with Crippen LogP contribution < -0.4 is 4.90 Å². The normalized spacial score (nSPS) is 12.8. The van der Waals surface area contributed by atoms with Crippen LogP contribution in [-0.2, 0) is 5.41 Å². The first kappa shape index (κ1) is 32.2. The molecule has 0 unspecified atom stereocenters. The summed E-state index contributed by atoms with van der Waals surface area (Å²) in [6, 6.07) is 82.7. The lowest BCUT2D eigenvalue weighted by molar-refractivity contribution is 0.768. The van der Waals surface area contributed by atoms with E-state index in [4.69, 9.17) is 0 Å². The molecule has 0 saturated carbocycles. The molecule has 10 aromatic carbocycles. The lowest BCUT2D eigenvalue weighted by Gasteiger charge is -2.34. The van der Waals surface area contributed by atoms with Crippen molar-refractivity contribution >= 4 is 49.4 Å². The minimum Gasteiger partial charge on any atom is -0.309 e. The average molecular weight is 712 g/mol. The molecule has 56 heavy (non-hydrogen) atoms. The molecule has 0 bridgehead atoms. The molecule has 0 spiro atoms. The number of hydrogen-bond donors (Lipinski definition) is 0. The summed E-state index contributed by atoms with van der Waals surface area (Å²) in [6.07, 6.45) is 0. The highest BCUT2D eigenvalue weighted by Crippen LogP contribution is 2.60. The standard InChI is InChI=1S/C55H37N/c1-3-21-43(22-4-1)55(44-23-5-2-6-24-44)50-30-14-13-29-49(50)54-51(55)31-16-32-52(54)56(53-37-42-19-9-10-26-46(42)47-27-11-12-28-48(47)53)45-25-15-20-40(36-45)41-34-33-38-17-7-8-18-39(38)35-41/h1-37H. The molecule has 0 heterocycles. The second-order valence-corrected chi connectivity index (χ2v) is 14.8. The molecule has 1 aliphatic carbocycles. The van der Waals surface area contributed by atoms with E-state index in [0.717, 1.165) is 17.1 Å². The number of anilines is 3. The Kier molecular flexibility index (Phi) is 7.47. The number of hydrogen-bond acceptors (Lipinski definition) is 1. The molecule has 1 heteroatoms. The Morgan fingerprint density at radius 3 is 1.70 bits per heavy atom. The Bertz CT molecular complexity index is 3050. The van der Waals surface area contributed by atoms with Gasteiger partial charge in [-0.05, 0) is 96.2 Å². The topological polar surface area (TPSA) is 3.24 Å². The number of rotatable bonds is 6. The summed E-state index contributed by atoms with van der Waals surface area (Å²) < 4.78 is 0. The number of benzene rings is 10. The third-order valence-electron chi connectivity index (χ3n) is 11.9. The molecular weight excluding hydrogens is 675 g/mol. The van der Waals surface area contributed by atoms with E-state index in [-0.39, 0.29) is 0 Å². The molecule has 11 rings (SSSR count). The predicted molar refractivity (Wildman–Crippen MR) is 236 cm³/mol. The molecule has 10 aromatic rings. The van der Waals surface area contributed by atoms with Gasteiger partial charge in [0.1, 0.15) is 0 Å². The number of fused-ring (bicyclic) bond motifs is 7. The minimum absolute atomic E-state index is 0.505. The first-order valence-corrected chi connectivity index (χ1v) is 19.4. The third kappa shape index (κ3) is 4.88. The second-order valence-electron chi connectivity index (χ2n) is 14.8. The fourth-order valence-corrected chi connectivity index (χ4v) is 9.48. The highest BCUT2D eigenvalue weighted by molar-refractivity contribution is 6.15. The zero-order chi connectivity index (χ0) is 37.1. The molecule has 1 aliphatic rings. The van der Waals surface area contributed by atoms with Crippen LogP contribution in [0.25, 0.3) is 54.6 Å². The Balaban J connectivity index is 1.24. The molecule has 0 radical (unpaired) electrons. The van der Waals surface area contributed by atoms with Gasteiger partial charge < -0.3 is 4.90 Å². The lowest BCUT2D eigenvalue weighted by atomic mass is 9.68. The van der Waals surface area contributed by atoms with Gasteiger partial charge in [0.25, 0.3) is 0 Å². The summed E-state index contributed by atoms with van der Waals surface area (Å²) in [7, 11) is 0. The van der Waals surface area contributed by atoms with Gasteiger partial charge in [-0.25, -0.2) is 0 Å². The predicted octanol–water partition coefficient (Wildman–Crippen LogP) is 14.6. The third-order valence-corrected chi connectivity index (χ3v) is 11.9. The van der Waals surface area contributed by atoms with Gasteiger partial charge in [0.15, 0.2) is 0 Å². The summed E-state index contributed by atoms with van der Waals surface area (Å²) in [5, 5.41) is 7.41. The van der Waals surface area contributed by atoms with Crippen LogP contribution in [0, 0.1) is 0 Å². The molecular formula is C55H37N. The number of nitrogens with zero attached hydrogens (tertiary/aromatic N) is 1. The van der Waals surface area contributed by atoms with Crippen molar-refractivity contribution in [2.75, 3.05) is 4.90 Å². The van der Waals surface area contributed by atoms with Crippen molar-refractivity contribution in [1.29, 1.82) is 0 Å². The molecule has 0 N–H and O–H groups in total. The van der Waals surface area contributed by atoms with Crippen LogP contribution in [0.15, 0.2) is 224 Å². The monoisotopic (exact) mass is 711 g/mol. The highest BCUT2D eigenvalue weighted by Gasteiger charge is 2.47. The van der Waals surface area contributed by atoms with Gasteiger partial charge in [0, 0.05) is 16.6 Å². The van der Waals surface area contributed by atoms with Gasteiger partial charge in [0.2, 0.25) is 0 Å². The van der Waals surface area contributed by atoms with E-state index in [0.29, 0.717) is 0 Å². The largest absolute Gasteiger partial charge is 0.309 e. The molecule has 0 aliphatic heterocycles. The van der Waals surface area contributed by atoms with Crippen LogP contribution in [-0.4, -0.2) is 0 Å². The van der Waals surface area contributed by atoms with Gasteiger partial charge in [0.05, 0.1) is 16.8 Å². The first-order valence-electron chi connectivity index (χ1n) is 19.4. The van der Waals surface area contributed by atoms with E-state index in [1.165, 1.54) is 76.8 Å². The highest BCUT2D eigenvalue weighted by atomic mass is 15.1. The Morgan fingerprint density at radius 2 is 0.911 bits per heavy atom. The average Bonchev–Trinajstić information content (AvgIpc) is 3.59. The zero-order valence-corrected chi connectivity index (χ0v) is 30.8. The maximum absolute atomic E-state index is 2.53. The van der Waals surface area contributed by atoms with Gasteiger partial charge in [-0.1, -0.05) is 194 Å². The summed E-state index contributed by atoms with van der Waals surface area (Å²) in [5.41, 5.74) is 12.9. The summed E-state index contributed by atoms with van der Waals surface area (Å²) >= 11 is 0. The van der Waals surface area contributed by atoms with E-state index in [1.54, 1.807) is 0 Å². The van der Waals surface area contributed by atoms with E-state index in [1.807, 2.05) is 0 Å². The molecule has 1 nitrogen and oxygen atoms in total. The van der Waals surface area contributed by atoms with Gasteiger partial charge in [-0.3, -0.25) is 0 Å². The van der Waals surface area contributed by atoms with Crippen LogP contribution in [0.4, 0.5) is 17.1 Å². The van der Waals surface area contributed by atoms with Crippen molar-refractivity contribution in [3.63, 3.8) is 0 Å². The van der Waals surface area contributed by atoms with Crippen LogP contribution in [0.1, 0.15) is 22.3 Å². The Morgan fingerprint density at radius 1 is 0.321 bits per heavy atom. The molecule has 0 fully saturated rings. The van der Waals surface area contributed by atoms with Crippen molar-refractivity contribution in [2.45, 2.75) is 5.41 Å². The van der Waals surface area contributed by atoms with Crippen molar-refractivity contribution in [3.05, 3.63) is 247 Å². The Hall–Kier alpha value is -7.22. The maximum atomic E-state index is 2.53. The van der Waals surface area contributed by atoms with Crippen LogP contribution in [0.3, 0.4) is 0 Å². The Labute approximate surface area is 327 Å². The quantitative estimate of drug-likeness (QED) is 0.155. The van der Waals surface area contributed by atoms with E-state index in [2.05, 4.69) is 229 Å². The van der Waals surface area contributed by atoms with Crippen molar-refractivity contribution in [3.8, 4) is 22.3 Å². The minimum atomic E-state index is -0.505. The van der Waals surface area contributed by atoms with Gasteiger partial charge in [-0.15, -0.1) is 0 Å². The molecule has 262 valence electrons. The maximum Gasteiger partial charge on any atom is 0.0714 e. The van der Waals surface area contributed by atoms with E-state index < -0.39 is 5.41 Å². The van der Waals surface area contributed by atoms with Gasteiger partial charge >= 0.3 is 0 Å². The molecule has 0 aromatic heterocycles. The van der Waals surface area contributed by atoms with Crippen LogP contribution in [0.5, 0.6) is 0 Å². The first-order chi connectivity index (χ1) is 27.8. The SMILES string of the molecule is c1ccc(C2(c3ccccc3)c3ccccc3-c3c(N(c4cccc(-c5ccc6ccccc6c5)c4)c4cc5ccccc5c5ccccc45)cccc32)cc1. The fraction of sp³-hybridized carbons (Fsp3) is 0.0182. The van der Waals surface area contributed by atoms with E-state index in [9.17, 15) is 0 Å².